The van der Waals surface area contributed by atoms with Gasteiger partial charge in [-0.15, -0.1) is 0 Å². The zero-order valence-electron chi connectivity index (χ0n) is 13.1. The standard InChI is InChI=1S/C16H20F2N2O2S/c1-3-23-11-8-7-10(9-11)20(2)16(22)15(21)19-14-12(17)5-4-6-13(14)18/h4-6,10-11H,3,7-9H2,1-2H3,(H,19,21)/t10-,11-/m1/s1. The average Bonchev–Trinajstić information content (AvgIpc) is 2.98. The summed E-state index contributed by atoms with van der Waals surface area (Å²) in [6, 6.07) is 3.23. The highest BCUT2D eigenvalue weighted by molar-refractivity contribution is 7.99. The molecule has 0 aliphatic heterocycles. The van der Waals surface area contributed by atoms with Gasteiger partial charge in [-0.05, 0) is 37.1 Å². The van der Waals surface area contributed by atoms with Crippen LogP contribution in [0.1, 0.15) is 26.2 Å². The SMILES string of the molecule is CCS[C@@H]1CC[C@@H](N(C)C(=O)C(=O)Nc2c(F)cccc2F)C1. The average molecular weight is 342 g/mol. The predicted molar refractivity (Wildman–Crippen MR) is 87.3 cm³/mol. The quantitative estimate of drug-likeness (QED) is 0.856. The molecule has 4 nitrogen and oxygen atoms in total. The highest BCUT2D eigenvalue weighted by Crippen LogP contribution is 2.32. The molecule has 23 heavy (non-hydrogen) atoms. The van der Waals surface area contributed by atoms with Gasteiger partial charge in [-0.2, -0.15) is 11.8 Å². The summed E-state index contributed by atoms with van der Waals surface area (Å²) in [5.74, 6) is -2.60. The second-order valence-electron chi connectivity index (χ2n) is 5.51. The monoisotopic (exact) mass is 342 g/mol. The van der Waals surface area contributed by atoms with Crippen LogP contribution >= 0.6 is 11.8 Å². The first kappa shape index (κ1) is 17.7. The van der Waals surface area contributed by atoms with Crippen LogP contribution in [0.25, 0.3) is 0 Å². The van der Waals surface area contributed by atoms with Gasteiger partial charge in [-0.25, -0.2) is 8.78 Å². The molecule has 0 heterocycles. The second-order valence-corrected chi connectivity index (χ2v) is 7.09. The molecule has 2 rings (SSSR count). The Morgan fingerprint density at radius 2 is 1.96 bits per heavy atom. The fourth-order valence-electron chi connectivity index (χ4n) is 2.77. The van der Waals surface area contributed by atoms with Gasteiger partial charge in [0, 0.05) is 18.3 Å². The number of para-hydroxylation sites is 1. The van der Waals surface area contributed by atoms with Crippen molar-refractivity contribution in [1.29, 1.82) is 0 Å². The van der Waals surface area contributed by atoms with E-state index in [1.54, 1.807) is 7.05 Å². The molecule has 1 aliphatic rings. The van der Waals surface area contributed by atoms with Crippen molar-refractivity contribution in [2.45, 2.75) is 37.5 Å². The minimum Gasteiger partial charge on any atom is -0.334 e. The van der Waals surface area contributed by atoms with E-state index in [1.807, 2.05) is 17.1 Å². The Labute approximate surface area is 138 Å². The largest absolute Gasteiger partial charge is 0.334 e. The molecule has 0 bridgehead atoms. The summed E-state index contributed by atoms with van der Waals surface area (Å²) in [4.78, 5) is 25.5. The Balaban J connectivity index is 1.98. The molecule has 2 amide bonds. The van der Waals surface area contributed by atoms with Gasteiger partial charge >= 0.3 is 11.8 Å². The number of carbonyl (C=O) groups is 2. The lowest BCUT2D eigenvalue weighted by molar-refractivity contribution is -0.143. The number of likely N-dealkylation sites (N-methyl/N-ethyl adjacent to an activating group) is 1. The lowest BCUT2D eigenvalue weighted by atomic mass is 10.2. The smallest absolute Gasteiger partial charge is 0.314 e. The van der Waals surface area contributed by atoms with Crippen LogP contribution in [0.2, 0.25) is 0 Å². The highest BCUT2D eigenvalue weighted by Gasteiger charge is 2.32. The maximum atomic E-state index is 13.5. The Bertz CT molecular complexity index is 577. The number of hydrogen-bond donors (Lipinski definition) is 1. The maximum Gasteiger partial charge on any atom is 0.314 e. The number of thioether (sulfide) groups is 1. The lowest BCUT2D eigenvalue weighted by Crippen LogP contribution is -2.42. The van der Waals surface area contributed by atoms with Crippen LogP contribution in [0.15, 0.2) is 18.2 Å². The van der Waals surface area contributed by atoms with E-state index in [1.165, 1.54) is 11.0 Å². The summed E-state index contributed by atoms with van der Waals surface area (Å²) >= 11 is 1.85. The van der Waals surface area contributed by atoms with Crippen LogP contribution in [0.5, 0.6) is 0 Å². The lowest BCUT2D eigenvalue weighted by Gasteiger charge is -2.24. The van der Waals surface area contributed by atoms with Gasteiger partial charge in [0.2, 0.25) is 0 Å². The molecule has 0 aromatic heterocycles. The predicted octanol–water partition coefficient (Wildman–Crippen LogP) is 3.04. The zero-order valence-corrected chi connectivity index (χ0v) is 14.0. The first-order valence-corrected chi connectivity index (χ1v) is 8.62. The van der Waals surface area contributed by atoms with Crippen LogP contribution in [-0.2, 0) is 9.59 Å². The van der Waals surface area contributed by atoms with Gasteiger partial charge in [-0.1, -0.05) is 13.0 Å². The first-order valence-electron chi connectivity index (χ1n) is 7.57. The molecule has 0 spiro atoms. The molecular formula is C16H20F2N2O2S. The molecule has 7 heteroatoms. The molecule has 1 saturated carbocycles. The second kappa shape index (κ2) is 7.77. The summed E-state index contributed by atoms with van der Waals surface area (Å²) in [5, 5.41) is 2.53. The van der Waals surface area contributed by atoms with Crippen molar-refractivity contribution in [2.75, 3.05) is 18.1 Å². The van der Waals surface area contributed by atoms with Crippen LogP contribution in [0.3, 0.4) is 0 Å². The van der Waals surface area contributed by atoms with Crippen molar-refractivity contribution in [3.63, 3.8) is 0 Å². The van der Waals surface area contributed by atoms with E-state index >= 15 is 0 Å². The van der Waals surface area contributed by atoms with Crippen molar-refractivity contribution >= 4 is 29.3 Å². The summed E-state index contributed by atoms with van der Waals surface area (Å²) in [6.45, 7) is 2.09. The van der Waals surface area contributed by atoms with Crippen LogP contribution in [-0.4, -0.2) is 40.8 Å². The molecule has 1 N–H and O–H groups in total. The zero-order chi connectivity index (χ0) is 17.0. The highest BCUT2D eigenvalue weighted by atomic mass is 32.2. The molecular weight excluding hydrogens is 322 g/mol. The van der Waals surface area contributed by atoms with E-state index in [-0.39, 0.29) is 6.04 Å². The Morgan fingerprint density at radius 3 is 2.57 bits per heavy atom. The fraction of sp³-hybridized carbons (Fsp3) is 0.500. The number of amides is 2. The summed E-state index contributed by atoms with van der Waals surface area (Å²) in [7, 11) is 1.56. The minimum absolute atomic E-state index is 0.0113. The number of carbonyl (C=O) groups excluding carboxylic acids is 2. The summed E-state index contributed by atoms with van der Waals surface area (Å²) in [5.41, 5.74) is -0.593. The van der Waals surface area contributed by atoms with E-state index in [0.717, 1.165) is 37.1 Å². The van der Waals surface area contributed by atoms with Gasteiger partial charge in [0.15, 0.2) is 0 Å². The van der Waals surface area contributed by atoms with Gasteiger partial charge < -0.3 is 10.2 Å². The number of halogens is 2. The molecule has 0 radical (unpaired) electrons. The Kier molecular flexibility index (Phi) is 5.98. The number of hydrogen-bond acceptors (Lipinski definition) is 3. The van der Waals surface area contributed by atoms with E-state index < -0.39 is 29.1 Å². The van der Waals surface area contributed by atoms with Crippen LogP contribution in [0, 0.1) is 11.6 Å². The fourth-order valence-corrected chi connectivity index (χ4v) is 3.90. The molecule has 1 aromatic rings. The van der Waals surface area contributed by atoms with Crippen molar-refractivity contribution < 1.29 is 18.4 Å². The third kappa shape index (κ3) is 4.22. The maximum absolute atomic E-state index is 13.5. The van der Waals surface area contributed by atoms with Gasteiger partial charge in [-0.3, -0.25) is 9.59 Å². The van der Waals surface area contributed by atoms with E-state index in [0.29, 0.717) is 5.25 Å². The van der Waals surface area contributed by atoms with Gasteiger partial charge in [0.05, 0.1) is 0 Å². The number of anilines is 1. The number of nitrogens with one attached hydrogen (secondary N) is 1. The topological polar surface area (TPSA) is 49.4 Å². The summed E-state index contributed by atoms with van der Waals surface area (Å²) in [6.07, 6.45) is 2.67. The molecule has 2 atom stereocenters. The molecule has 126 valence electrons. The van der Waals surface area contributed by atoms with E-state index in [9.17, 15) is 18.4 Å². The third-order valence-electron chi connectivity index (χ3n) is 4.02. The number of benzene rings is 1. The molecule has 0 unspecified atom stereocenters. The van der Waals surface area contributed by atoms with Crippen molar-refractivity contribution in [1.82, 2.24) is 4.90 Å². The van der Waals surface area contributed by atoms with Crippen LogP contribution in [0.4, 0.5) is 14.5 Å². The minimum atomic E-state index is -1.02. The van der Waals surface area contributed by atoms with E-state index in [4.69, 9.17) is 0 Å². The van der Waals surface area contributed by atoms with Crippen molar-refractivity contribution in [3.8, 4) is 0 Å². The van der Waals surface area contributed by atoms with Gasteiger partial charge in [0.1, 0.15) is 17.3 Å². The van der Waals surface area contributed by atoms with E-state index in [2.05, 4.69) is 6.92 Å². The van der Waals surface area contributed by atoms with Crippen LogP contribution < -0.4 is 5.32 Å². The summed E-state index contributed by atoms with van der Waals surface area (Å²) < 4.78 is 27.1. The molecule has 1 aliphatic carbocycles. The molecule has 0 saturated heterocycles. The molecule has 1 fully saturated rings. The van der Waals surface area contributed by atoms with Crippen molar-refractivity contribution in [2.24, 2.45) is 0 Å². The number of nitrogens with zero attached hydrogens (tertiary/aromatic N) is 1. The van der Waals surface area contributed by atoms with Gasteiger partial charge in [0.25, 0.3) is 0 Å². The molecule has 1 aromatic carbocycles. The van der Waals surface area contributed by atoms with Crippen molar-refractivity contribution in [3.05, 3.63) is 29.8 Å². The normalized spacial score (nSPS) is 20.3. The Hall–Kier alpha value is -1.63. The number of rotatable bonds is 4. The third-order valence-corrected chi connectivity index (χ3v) is 5.26. The first-order chi connectivity index (χ1) is 10.9. The Morgan fingerprint density at radius 1 is 1.30 bits per heavy atom.